The quantitative estimate of drug-likeness (QED) is 0.759. The maximum Gasteiger partial charge on any atom is 0.203 e. The second kappa shape index (κ2) is 5.36. The van der Waals surface area contributed by atoms with Crippen LogP contribution in [-0.4, -0.2) is 11.0 Å². The third-order valence-electron chi connectivity index (χ3n) is 4.41. The highest BCUT2D eigenvalue weighted by Gasteiger charge is 2.74. The molecule has 2 bridgehead atoms. The van der Waals surface area contributed by atoms with Crippen molar-refractivity contribution >= 4 is 35.1 Å². The van der Waals surface area contributed by atoms with E-state index in [1.165, 1.54) is 23.5 Å². The number of nitrogens with zero attached hydrogens (tertiary/aromatic N) is 4. The van der Waals surface area contributed by atoms with E-state index in [4.69, 9.17) is 11.6 Å². The number of hydrogen-bond donors (Lipinski definition) is 0. The molecule has 2 atom stereocenters. The van der Waals surface area contributed by atoms with Gasteiger partial charge in [0.15, 0.2) is 5.41 Å². The van der Waals surface area contributed by atoms with E-state index >= 15 is 0 Å². The van der Waals surface area contributed by atoms with Gasteiger partial charge in [-0.3, -0.25) is 0 Å². The molecule has 1 aromatic rings. The molecule has 0 amide bonds. The molecule has 7 heteroatoms. The van der Waals surface area contributed by atoms with Gasteiger partial charge >= 0.3 is 0 Å². The molecule has 2 aliphatic heterocycles. The summed E-state index contributed by atoms with van der Waals surface area (Å²) in [4.78, 5) is 0. The van der Waals surface area contributed by atoms with Crippen LogP contribution < -0.4 is 0 Å². The predicted molar refractivity (Wildman–Crippen MR) is 88.9 cm³/mol. The van der Waals surface area contributed by atoms with Gasteiger partial charge in [0, 0.05) is 16.0 Å². The zero-order valence-electron chi connectivity index (χ0n) is 11.8. The first-order chi connectivity index (χ1) is 11.0. The third kappa shape index (κ3) is 1.84. The summed E-state index contributed by atoms with van der Waals surface area (Å²) >= 11 is 8.95. The second-order valence-electron chi connectivity index (χ2n) is 5.48. The summed E-state index contributed by atoms with van der Waals surface area (Å²) in [5.41, 5.74) is -2.65. The van der Waals surface area contributed by atoms with Crippen LogP contribution in [0.15, 0.2) is 24.3 Å². The number of fused-ring (bicyclic) bond motifs is 2. The monoisotopic (exact) mass is 356 g/mol. The number of rotatable bonds is 1. The maximum absolute atomic E-state index is 9.91. The lowest BCUT2D eigenvalue weighted by Crippen LogP contribution is -2.53. The molecule has 1 aromatic carbocycles. The summed E-state index contributed by atoms with van der Waals surface area (Å²) in [7, 11) is 0. The summed E-state index contributed by atoms with van der Waals surface area (Å²) in [6.45, 7) is 0. The molecule has 23 heavy (non-hydrogen) atoms. The van der Waals surface area contributed by atoms with Crippen LogP contribution >= 0.6 is 35.1 Å². The molecular formula is C16H9ClN4S2. The molecule has 0 unspecified atom stereocenters. The van der Waals surface area contributed by atoms with Crippen molar-refractivity contribution in [2.24, 2.45) is 10.8 Å². The van der Waals surface area contributed by atoms with Crippen LogP contribution in [0, 0.1) is 56.2 Å². The molecule has 0 spiro atoms. The number of halogens is 1. The Bertz CT molecular complexity index is 796. The number of nitriles is 4. The lowest BCUT2D eigenvalue weighted by molar-refractivity contribution is 0.250. The Kier molecular flexibility index (Phi) is 3.74. The SMILES string of the molecule is N#CC1(C#N)C[C@H]2CS[C@@](c3ccc(Cl)cc3)(S2)C1(C#N)C#N. The predicted octanol–water partition coefficient (Wildman–Crippen LogP) is 3.81. The van der Waals surface area contributed by atoms with E-state index < -0.39 is 14.9 Å². The standard InChI is InChI=1S/C16H9ClN4S2/c17-12-3-1-11(2-4-12)16-15(9-20,10-21)14(7-18,8-19)5-13(23-16)6-22-16/h1-4,13H,5-6H2/t13-,16-/m0/s1. The molecule has 112 valence electrons. The Hall–Kier alpha value is -1.83. The largest absolute Gasteiger partial charge is 0.203 e. The zero-order valence-corrected chi connectivity index (χ0v) is 14.2. The Labute approximate surface area is 147 Å². The van der Waals surface area contributed by atoms with Gasteiger partial charge in [-0.2, -0.15) is 21.0 Å². The Morgan fingerprint density at radius 1 is 1.00 bits per heavy atom. The third-order valence-corrected chi connectivity index (χ3v) is 8.58. The zero-order chi connectivity index (χ0) is 16.7. The van der Waals surface area contributed by atoms with Crippen molar-refractivity contribution in [2.75, 3.05) is 5.75 Å². The summed E-state index contributed by atoms with van der Waals surface area (Å²) in [6.07, 6.45) is 0.230. The smallest absolute Gasteiger partial charge is 0.196 e. The minimum absolute atomic E-state index is 0.0600. The van der Waals surface area contributed by atoms with Crippen molar-refractivity contribution in [1.82, 2.24) is 0 Å². The molecule has 2 aliphatic rings. The number of hydrogen-bond acceptors (Lipinski definition) is 6. The second-order valence-corrected chi connectivity index (χ2v) is 8.92. The van der Waals surface area contributed by atoms with Crippen molar-refractivity contribution in [3.63, 3.8) is 0 Å². The van der Waals surface area contributed by atoms with Gasteiger partial charge in [-0.05, 0) is 24.1 Å². The summed E-state index contributed by atoms with van der Waals surface area (Å²) < 4.78 is -0.963. The van der Waals surface area contributed by atoms with Crippen LogP contribution in [-0.2, 0) is 4.08 Å². The molecule has 3 rings (SSSR count). The first-order valence-corrected chi connectivity index (χ1v) is 9.00. The average Bonchev–Trinajstić information content (AvgIpc) is 2.96. The van der Waals surface area contributed by atoms with Gasteiger partial charge in [-0.15, -0.1) is 23.5 Å². The molecule has 2 heterocycles. The van der Waals surface area contributed by atoms with Crippen LogP contribution in [0.1, 0.15) is 12.0 Å². The minimum Gasteiger partial charge on any atom is -0.196 e. The van der Waals surface area contributed by atoms with Crippen molar-refractivity contribution in [3.8, 4) is 24.3 Å². The molecule has 4 nitrogen and oxygen atoms in total. The van der Waals surface area contributed by atoms with Crippen LogP contribution in [0.2, 0.25) is 5.02 Å². The highest BCUT2D eigenvalue weighted by molar-refractivity contribution is 8.21. The molecule has 2 fully saturated rings. The van der Waals surface area contributed by atoms with E-state index in [0.717, 1.165) is 5.56 Å². The van der Waals surface area contributed by atoms with Crippen LogP contribution in [0.5, 0.6) is 0 Å². The summed E-state index contributed by atoms with van der Waals surface area (Å²) in [5, 5.41) is 39.8. The normalized spacial score (nSPS) is 29.5. The first-order valence-electron chi connectivity index (χ1n) is 6.76. The summed E-state index contributed by atoms with van der Waals surface area (Å²) in [6, 6.07) is 15.1. The van der Waals surface area contributed by atoms with Gasteiger partial charge in [0.1, 0.15) is 4.08 Å². The fourth-order valence-electron chi connectivity index (χ4n) is 3.27. The van der Waals surface area contributed by atoms with E-state index in [2.05, 4.69) is 12.1 Å². The van der Waals surface area contributed by atoms with E-state index in [1.54, 1.807) is 24.3 Å². The fourth-order valence-corrected chi connectivity index (χ4v) is 7.60. The Morgan fingerprint density at radius 2 is 1.61 bits per heavy atom. The lowest BCUT2D eigenvalue weighted by Gasteiger charge is -2.47. The molecule has 0 aromatic heterocycles. The van der Waals surface area contributed by atoms with Gasteiger partial charge in [-0.1, -0.05) is 23.7 Å². The van der Waals surface area contributed by atoms with E-state index in [-0.39, 0.29) is 11.7 Å². The van der Waals surface area contributed by atoms with Crippen molar-refractivity contribution < 1.29 is 0 Å². The van der Waals surface area contributed by atoms with Crippen molar-refractivity contribution in [1.29, 1.82) is 21.0 Å². The van der Waals surface area contributed by atoms with Gasteiger partial charge in [0.05, 0.1) is 24.3 Å². The van der Waals surface area contributed by atoms with Crippen LogP contribution in [0.4, 0.5) is 0 Å². The molecular weight excluding hydrogens is 348 g/mol. The van der Waals surface area contributed by atoms with Crippen LogP contribution in [0.3, 0.4) is 0 Å². The fraction of sp³-hybridized carbons (Fsp3) is 0.375. The van der Waals surface area contributed by atoms with Gasteiger partial charge in [0.2, 0.25) is 5.41 Å². The molecule has 0 N–H and O–H groups in total. The molecule has 0 aliphatic carbocycles. The number of thioether (sulfide) groups is 2. The first kappa shape index (κ1) is 16.0. The average molecular weight is 357 g/mol. The lowest BCUT2D eigenvalue weighted by atomic mass is 9.60. The molecule has 0 radical (unpaired) electrons. The van der Waals surface area contributed by atoms with Crippen LogP contribution in [0.25, 0.3) is 0 Å². The van der Waals surface area contributed by atoms with E-state index in [0.29, 0.717) is 10.8 Å². The van der Waals surface area contributed by atoms with Crippen molar-refractivity contribution in [3.05, 3.63) is 34.9 Å². The highest BCUT2D eigenvalue weighted by Crippen LogP contribution is 2.73. The maximum atomic E-state index is 9.91. The van der Waals surface area contributed by atoms with Crippen molar-refractivity contribution in [2.45, 2.75) is 15.7 Å². The van der Waals surface area contributed by atoms with E-state index in [9.17, 15) is 21.0 Å². The molecule has 2 saturated heterocycles. The Morgan fingerprint density at radius 3 is 2.13 bits per heavy atom. The minimum atomic E-state index is -1.75. The number of benzene rings is 1. The van der Waals surface area contributed by atoms with E-state index in [1.807, 2.05) is 12.1 Å². The highest BCUT2D eigenvalue weighted by atomic mass is 35.5. The van der Waals surface area contributed by atoms with Gasteiger partial charge in [0.25, 0.3) is 0 Å². The van der Waals surface area contributed by atoms with Gasteiger partial charge < -0.3 is 0 Å². The van der Waals surface area contributed by atoms with Gasteiger partial charge in [-0.25, -0.2) is 0 Å². The molecule has 0 saturated carbocycles. The topological polar surface area (TPSA) is 95.2 Å². The summed E-state index contributed by atoms with van der Waals surface area (Å²) in [5.74, 6) is 0.698. The Balaban J connectivity index is 2.33.